The lowest BCUT2D eigenvalue weighted by molar-refractivity contribution is 0.979. The Bertz CT molecular complexity index is 1020. The van der Waals surface area contributed by atoms with E-state index in [2.05, 4.69) is 41.4 Å². The number of hydrogen-bond acceptors (Lipinski definition) is 1. The lowest BCUT2D eigenvalue weighted by Crippen LogP contribution is -2.15. The smallest absolute Gasteiger partial charge is 0.311 e. The molecule has 112 valence electrons. The molecule has 0 radical (unpaired) electrons. The average Bonchev–Trinajstić information content (AvgIpc) is 3.00. The van der Waals surface area contributed by atoms with Gasteiger partial charge < -0.3 is 4.98 Å². The van der Waals surface area contributed by atoms with Gasteiger partial charge in [0, 0.05) is 17.5 Å². The number of aryl methyl sites for hydroxylation is 1. The molecule has 2 aromatic carbocycles. The minimum atomic E-state index is -0.104. The number of aromatic amines is 1. The monoisotopic (exact) mass is 300 g/mol. The summed E-state index contributed by atoms with van der Waals surface area (Å²) in [7, 11) is 0. The fourth-order valence-electron chi connectivity index (χ4n) is 2.90. The molecule has 4 aromatic rings. The van der Waals surface area contributed by atoms with Crippen LogP contribution in [0.4, 0.5) is 0 Å². The zero-order valence-electron chi connectivity index (χ0n) is 12.8. The first-order chi connectivity index (χ1) is 11.2. The fraction of sp³-hybridized carbons (Fsp3) is 0.0500. The number of aromatic nitrogens is 2. The van der Waals surface area contributed by atoms with Gasteiger partial charge in [-0.1, -0.05) is 54.6 Å². The van der Waals surface area contributed by atoms with Gasteiger partial charge in [-0.15, -0.1) is 0 Å². The fourth-order valence-corrected chi connectivity index (χ4v) is 2.90. The Kier molecular flexibility index (Phi) is 3.12. The molecule has 0 saturated carbocycles. The van der Waals surface area contributed by atoms with Gasteiger partial charge in [-0.3, -0.25) is 4.40 Å². The number of nitrogens with zero attached hydrogens (tertiary/aromatic N) is 1. The van der Waals surface area contributed by atoms with Crippen LogP contribution in [-0.4, -0.2) is 9.38 Å². The van der Waals surface area contributed by atoms with Gasteiger partial charge in [0.25, 0.3) is 0 Å². The summed E-state index contributed by atoms with van der Waals surface area (Å²) >= 11 is 0. The molecule has 4 rings (SSSR count). The van der Waals surface area contributed by atoms with E-state index in [9.17, 15) is 4.79 Å². The van der Waals surface area contributed by atoms with Crippen LogP contribution in [0.3, 0.4) is 0 Å². The molecule has 0 amide bonds. The normalized spacial score (nSPS) is 11.0. The molecule has 0 atom stereocenters. The molecule has 0 aliphatic rings. The second-order valence-corrected chi connectivity index (χ2v) is 5.72. The van der Waals surface area contributed by atoms with Crippen LogP contribution in [-0.2, 0) is 0 Å². The van der Waals surface area contributed by atoms with E-state index in [1.165, 1.54) is 11.1 Å². The van der Waals surface area contributed by atoms with Crippen LogP contribution in [0.1, 0.15) is 5.69 Å². The summed E-state index contributed by atoms with van der Waals surface area (Å²) in [6.45, 7) is 1.89. The standard InChI is InChI=1S/C20H16N2O/c1-14-11-19-12-18(13-22(19)20(23)21-14)17-9-7-16(8-10-17)15-5-3-2-4-6-15/h2-13H,1H3,(H,21,23). The van der Waals surface area contributed by atoms with Crippen molar-refractivity contribution in [2.24, 2.45) is 0 Å². The van der Waals surface area contributed by atoms with Crippen molar-refractivity contribution < 1.29 is 0 Å². The van der Waals surface area contributed by atoms with Crippen molar-refractivity contribution in [2.75, 3.05) is 0 Å². The molecule has 2 heterocycles. The molecule has 1 N–H and O–H groups in total. The highest BCUT2D eigenvalue weighted by Gasteiger charge is 2.06. The number of hydrogen-bond donors (Lipinski definition) is 1. The first kappa shape index (κ1) is 13.6. The molecule has 0 saturated heterocycles. The second kappa shape index (κ2) is 5.29. The molecule has 0 spiro atoms. The van der Waals surface area contributed by atoms with Gasteiger partial charge in [0.15, 0.2) is 0 Å². The minimum Gasteiger partial charge on any atom is -0.311 e. The molecule has 0 aliphatic carbocycles. The van der Waals surface area contributed by atoms with E-state index in [4.69, 9.17) is 0 Å². The summed E-state index contributed by atoms with van der Waals surface area (Å²) in [4.78, 5) is 14.8. The van der Waals surface area contributed by atoms with E-state index in [0.29, 0.717) is 0 Å². The van der Waals surface area contributed by atoms with E-state index in [1.807, 2.05) is 43.5 Å². The van der Waals surface area contributed by atoms with Crippen molar-refractivity contribution in [2.45, 2.75) is 6.92 Å². The highest BCUT2D eigenvalue weighted by molar-refractivity contribution is 5.73. The van der Waals surface area contributed by atoms with Crippen LogP contribution in [0.2, 0.25) is 0 Å². The lowest BCUT2D eigenvalue weighted by atomic mass is 10.0. The van der Waals surface area contributed by atoms with E-state index >= 15 is 0 Å². The molecule has 0 bridgehead atoms. The van der Waals surface area contributed by atoms with E-state index in [-0.39, 0.29) is 5.69 Å². The molecule has 3 nitrogen and oxygen atoms in total. The number of fused-ring (bicyclic) bond motifs is 1. The first-order valence-electron chi connectivity index (χ1n) is 7.58. The predicted octanol–water partition coefficient (Wildman–Crippen LogP) is 4.27. The van der Waals surface area contributed by atoms with Crippen LogP contribution in [0.15, 0.2) is 77.7 Å². The zero-order chi connectivity index (χ0) is 15.8. The van der Waals surface area contributed by atoms with Crippen molar-refractivity contribution >= 4 is 5.52 Å². The summed E-state index contributed by atoms with van der Waals surface area (Å²) in [5, 5.41) is 0. The molecule has 3 heteroatoms. The van der Waals surface area contributed by atoms with E-state index < -0.39 is 0 Å². The van der Waals surface area contributed by atoms with Crippen molar-refractivity contribution in [3.63, 3.8) is 0 Å². The Balaban J connectivity index is 1.76. The summed E-state index contributed by atoms with van der Waals surface area (Å²) < 4.78 is 1.65. The summed E-state index contributed by atoms with van der Waals surface area (Å²) in [6.07, 6.45) is 1.88. The SMILES string of the molecule is Cc1cc2cc(-c3ccc(-c4ccccc4)cc3)cn2c(=O)[nH]1. The van der Waals surface area contributed by atoms with Gasteiger partial charge in [-0.05, 0) is 35.7 Å². The number of H-pyrrole nitrogens is 1. The Morgan fingerprint density at radius 2 is 1.39 bits per heavy atom. The van der Waals surface area contributed by atoms with Gasteiger partial charge in [-0.2, -0.15) is 0 Å². The second-order valence-electron chi connectivity index (χ2n) is 5.72. The van der Waals surface area contributed by atoms with Gasteiger partial charge in [0.1, 0.15) is 0 Å². The summed E-state index contributed by atoms with van der Waals surface area (Å²) in [6, 6.07) is 22.7. The van der Waals surface area contributed by atoms with E-state index in [1.54, 1.807) is 4.40 Å². The largest absolute Gasteiger partial charge is 0.330 e. The Hall–Kier alpha value is -3.07. The van der Waals surface area contributed by atoms with Gasteiger partial charge >= 0.3 is 5.69 Å². The molecule has 23 heavy (non-hydrogen) atoms. The first-order valence-corrected chi connectivity index (χ1v) is 7.58. The van der Waals surface area contributed by atoms with Gasteiger partial charge in [0.05, 0.1) is 5.52 Å². The summed E-state index contributed by atoms with van der Waals surface area (Å²) in [5.74, 6) is 0. The molecule has 0 aliphatic heterocycles. The van der Waals surface area contributed by atoms with Gasteiger partial charge in [-0.25, -0.2) is 4.79 Å². The van der Waals surface area contributed by atoms with Crippen LogP contribution < -0.4 is 5.69 Å². The van der Waals surface area contributed by atoms with Crippen molar-refractivity contribution in [3.8, 4) is 22.3 Å². The number of benzene rings is 2. The maximum Gasteiger partial charge on any atom is 0.330 e. The predicted molar refractivity (Wildman–Crippen MR) is 93.6 cm³/mol. The zero-order valence-corrected chi connectivity index (χ0v) is 12.8. The quantitative estimate of drug-likeness (QED) is 0.590. The third-order valence-corrected chi connectivity index (χ3v) is 4.06. The minimum absolute atomic E-state index is 0.104. The number of nitrogens with one attached hydrogen (secondary N) is 1. The van der Waals surface area contributed by atoms with Crippen LogP contribution in [0, 0.1) is 6.92 Å². The molecule has 2 aromatic heterocycles. The highest BCUT2D eigenvalue weighted by Crippen LogP contribution is 2.26. The third kappa shape index (κ3) is 2.46. The van der Waals surface area contributed by atoms with Crippen LogP contribution >= 0.6 is 0 Å². The lowest BCUT2D eigenvalue weighted by Gasteiger charge is -2.03. The Morgan fingerprint density at radius 1 is 0.783 bits per heavy atom. The van der Waals surface area contributed by atoms with E-state index in [0.717, 1.165) is 22.3 Å². The van der Waals surface area contributed by atoms with Crippen molar-refractivity contribution in [3.05, 3.63) is 89.1 Å². The third-order valence-electron chi connectivity index (χ3n) is 4.06. The van der Waals surface area contributed by atoms with Crippen molar-refractivity contribution in [1.29, 1.82) is 0 Å². The maximum absolute atomic E-state index is 12.0. The average molecular weight is 300 g/mol. The van der Waals surface area contributed by atoms with Crippen LogP contribution in [0.25, 0.3) is 27.8 Å². The Morgan fingerprint density at radius 3 is 2.09 bits per heavy atom. The molecular formula is C20H16N2O. The topological polar surface area (TPSA) is 37.3 Å². The Labute approximate surface area is 133 Å². The molecule has 0 fully saturated rings. The number of rotatable bonds is 2. The van der Waals surface area contributed by atoms with Crippen LogP contribution in [0.5, 0.6) is 0 Å². The summed E-state index contributed by atoms with van der Waals surface area (Å²) in [5.41, 5.74) is 6.21. The van der Waals surface area contributed by atoms with Gasteiger partial charge in [0.2, 0.25) is 0 Å². The highest BCUT2D eigenvalue weighted by atomic mass is 16.1. The van der Waals surface area contributed by atoms with Crippen molar-refractivity contribution in [1.82, 2.24) is 9.38 Å². The molecular weight excluding hydrogens is 284 g/mol. The maximum atomic E-state index is 12.0. The molecule has 0 unspecified atom stereocenters.